The molecule has 0 unspecified atom stereocenters. The summed E-state index contributed by atoms with van der Waals surface area (Å²) < 4.78 is 6.21. The van der Waals surface area contributed by atoms with Crippen molar-refractivity contribution in [2.75, 3.05) is 0 Å². The van der Waals surface area contributed by atoms with E-state index in [4.69, 9.17) is 14.4 Å². The van der Waals surface area contributed by atoms with Crippen molar-refractivity contribution in [3.05, 3.63) is 132 Å². The lowest BCUT2D eigenvalue weighted by atomic mass is 9.79. The van der Waals surface area contributed by atoms with Gasteiger partial charge in [-0.15, -0.1) is 0 Å². The van der Waals surface area contributed by atoms with Crippen LogP contribution in [0.4, 0.5) is 0 Å². The average molecular weight is 539 g/mol. The van der Waals surface area contributed by atoms with Crippen molar-refractivity contribution in [1.82, 2.24) is 9.97 Å². The lowest BCUT2D eigenvalue weighted by Crippen LogP contribution is -2.15. The number of rotatable bonds is 2. The van der Waals surface area contributed by atoms with Crippen molar-refractivity contribution in [3.8, 4) is 33.8 Å². The second-order valence-corrected chi connectivity index (χ2v) is 11.8. The molecule has 198 valence electrons. The Morgan fingerprint density at radius 3 is 2.17 bits per heavy atom. The maximum Gasteiger partial charge on any atom is 0.160 e. The molecule has 0 aliphatic heterocycles. The van der Waals surface area contributed by atoms with Crippen molar-refractivity contribution in [2.24, 2.45) is 0 Å². The van der Waals surface area contributed by atoms with E-state index in [-0.39, 0.29) is 5.41 Å². The molecule has 1 aliphatic carbocycles. The number of hydrogen-bond acceptors (Lipinski definition) is 3. The Morgan fingerprint density at radius 1 is 0.524 bits per heavy atom. The summed E-state index contributed by atoms with van der Waals surface area (Å²) in [6.45, 7) is 4.69. The largest absolute Gasteiger partial charge is 0.456 e. The molecule has 3 heteroatoms. The minimum Gasteiger partial charge on any atom is -0.456 e. The fourth-order valence-electron chi connectivity index (χ4n) is 7.14. The third-order valence-corrected chi connectivity index (χ3v) is 9.07. The molecule has 6 aromatic carbocycles. The Bertz CT molecular complexity index is 2400. The van der Waals surface area contributed by atoms with Crippen LogP contribution in [0.5, 0.6) is 0 Å². The molecule has 8 aromatic rings. The van der Waals surface area contributed by atoms with Crippen molar-refractivity contribution in [3.63, 3.8) is 0 Å². The molecule has 2 aromatic heterocycles. The highest BCUT2D eigenvalue weighted by Gasteiger charge is 2.36. The van der Waals surface area contributed by atoms with Gasteiger partial charge in [-0.3, -0.25) is 0 Å². The summed E-state index contributed by atoms with van der Waals surface area (Å²) in [5.74, 6) is 0.692. The molecule has 0 atom stereocenters. The molecule has 0 fully saturated rings. The van der Waals surface area contributed by atoms with Gasteiger partial charge in [0, 0.05) is 32.7 Å². The molecule has 0 saturated carbocycles. The van der Waals surface area contributed by atoms with Gasteiger partial charge < -0.3 is 4.42 Å². The summed E-state index contributed by atoms with van der Waals surface area (Å²) >= 11 is 0. The summed E-state index contributed by atoms with van der Waals surface area (Å²) in [4.78, 5) is 10.3. The summed E-state index contributed by atoms with van der Waals surface area (Å²) in [5.41, 5.74) is 11.0. The third kappa shape index (κ3) is 3.16. The summed E-state index contributed by atoms with van der Waals surface area (Å²) in [6, 6.07) is 42.8. The average Bonchev–Trinajstić information content (AvgIpc) is 3.52. The number of furan rings is 1. The molecule has 2 heterocycles. The molecular formula is C39H26N2O. The maximum absolute atomic E-state index is 6.21. The van der Waals surface area contributed by atoms with E-state index in [2.05, 4.69) is 111 Å². The van der Waals surface area contributed by atoms with E-state index < -0.39 is 0 Å². The zero-order chi connectivity index (χ0) is 28.0. The quantitative estimate of drug-likeness (QED) is 0.220. The van der Waals surface area contributed by atoms with Crippen molar-refractivity contribution in [2.45, 2.75) is 19.3 Å². The van der Waals surface area contributed by atoms with Crippen LogP contribution in [-0.4, -0.2) is 9.97 Å². The Hall–Kier alpha value is -5.28. The second-order valence-electron chi connectivity index (χ2n) is 11.8. The molecule has 0 spiro atoms. The van der Waals surface area contributed by atoms with Crippen LogP contribution in [0.3, 0.4) is 0 Å². The number of nitrogens with zero attached hydrogens (tertiary/aromatic N) is 2. The number of hydrogen-bond donors (Lipinski definition) is 0. The third-order valence-electron chi connectivity index (χ3n) is 9.07. The maximum atomic E-state index is 6.21. The van der Waals surface area contributed by atoms with E-state index in [1.165, 1.54) is 33.0 Å². The molecule has 3 nitrogen and oxygen atoms in total. The molecule has 1 aliphatic rings. The standard InChI is InChI=1S/C39H26N2O/c1-39(2)32-15-6-3-10-25(32)29-21-20-24-28(36(29)39)13-9-14-30(24)37-31-12-4-7-16-33(31)40-38(41-37)23-18-19-27-26-11-5-8-17-34(26)42-35(27)22-23/h3-22H,1-2H3. The first-order valence-corrected chi connectivity index (χ1v) is 14.4. The molecule has 0 N–H and O–H groups in total. The zero-order valence-electron chi connectivity index (χ0n) is 23.3. The Morgan fingerprint density at radius 2 is 1.24 bits per heavy atom. The van der Waals surface area contributed by atoms with Gasteiger partial charge in [0.1, 0.15) is 11.2 Å². The summed E-state index contributed by atoms with van der Waals surface area (Å²) in [6.07, 6.45) is 0. The minimum atomic E-state index is -0.0923. The van der Waals surface area contributed by atoms with Crippen LogP contribution >= 0.6 is 0 Å². The van der Waals surface area contributed by atoms with Gasteiger partial charge in [0.2, 0.25) is 0 Å². The van der Waals surface area contributed by atoms with Gasteiger partial charge in [-0.2, -0.15) is 0 Å². The van der Waals surface area contributed by atoms with Crippen molar-refractivity contribution in [1.29, 1.82) is 0 Å². The highest BCUT2D eigenvalue weighted by molar-refractivity contribution is 6.08. The van der Waals surface area contributed by atoms with Gasteiger partial charge >= 0.3 is 0 Å². The smallest absolute Gasteiger partial charge is 0.160 e. The topological polar surface area (TPSA) is 38.9 Å². The highest BCUT2D eigenvalue weighted by atomic mass is 16.3. The van der Waals surface area contributed by atoms with Crippen LogP contribution in [0.15, 0.2) is 126 Å². The number of fused-ring (bicyclic) bond motifs is 9. The first-order chi connectivity index (χ1) is 20.6. The molecular weight excluding hydrogens is 512 g/mol. The Labute approximate surface area is 243 Å². The van der Waals surface area contributed by atoms with E-state index in [1.54, 1.807) is 0 Å². The van der Waals surface area contributed by atoms with E-state index in [9.17, 15) is 0 Å². The number of benzene rings is 6. The van der Waals surface area contributed by atoms with Crippen LogP contribution in [0.25, 0.3) is 77.4 Å². The number of para-hydroxylation sites is 2. The molecule has 42 heavy (non-hydrogen) atoms. The molecule has 0 bridgehead atoms. The van der Waals surface area contributed by atoms with Gasteiger partial charge in [-0.1, -0.05) is 111 Å². The van der Waals surface area contributed by atoms with Crippen LogP contribution in [0.2, 0.25) is 0 Å². The van der Waals surface area contributed by atoms with Crippen LogP contribution in [0, 0.1) is 0 Å². The number of aromatic nitrogens is 2. The summed E-state index contributed by atoms with van der Waals surface area (Å²) in [5, 5.41) is 5.75. The van der Waals surface area contributed by atoms with E-state index in [0.717, 1.165) is 49.7 Å². The predicted octanol–water partition coefficient (Wildman–Crippen LogP) is 10.3. The zero-order valence-corrected chi connectivity index (χ0v) is 23.3. The minimum absolute atomic E-state index is 0.0923. The molecule has 0 saturated heterocycles. The van der Waals surface area contributed by atoms with Crippen LogP contribution in [-0.2, 0) is 5.41 Å². The summed E-state index contributed by atoms with van der Waals surface area (Å²) in [7, 11) is 0. The fraction of sp³-hybridized carbons (Fsp3) is 0.0769. The van der Waals surface area contributed by atoms with Crippen molar-refractivity contribution >= 4 is 43.6 Å². The van der Waals surface area contributed by atoms with Gasteiger partial charge in [-0.05, 0) is 57.3 Å². The highest BCUT2D eigenvalue weighted by Crippen LogP contribution is 2.52. The predicted molar refractivity (Wildman–Crippen MR) is 173 cm³/mol. The van der Waals surface area contributed by atoms with Gasteiger partial charge in [0.05, 0.1) is 11.2 Å². The van der Waals surface area contributed by atoms with E-state index in [0.29, 0.717) is 5.82 Å². The van der Waals surface area contributed by atoms with Gasteiger partial charge in [0.15, 0.2) is 5.82 Å². The second kappa shape index (κ2) is 8.37. The molecule has 0 amide bonds. The van der Waals surface area contributed by atoms with Gasteiger partial charge in [0.25, 0.3) is 0 Å². The normalized spacial score (nSPS) is 13.7. The fourth-order valence-corrected chi connectivity index (χ4v) is 7.14. The first kappa shape index (κ1) is 23.4. The lowest BCUT2D eigenvalue weighted by molar-refractivity contribution is 0.666. The first-order valence-electron chi connectivity index (χ1n) is 14.4. The van der Waals surface area contributed by atoms with Crippen molar-refractivity contribution < 1.29 is 4.42 Å². The SMILES string of the molecule is CC1(C)c2ccccc2-c2ccc3c(-c4nc(-c5ccc6c(c5)oc5ccccc56)nc5ccccc45)cccc3c21. The van der Waals surface area contributed by atoms with Gasteiger partial charge in [-0.25, -0.2) is 9.97 Å². The van der Waals surface area contributed by atoms with Crippen LogP contribution < -0.4 is 0 Å². The van der Waals surface area contributed by atoms with E-state index in [1.807, 2.05) is 24.3 Å². The lowest BCUT2D eigenvalue weighted by Gasteiger charge is -2.23. The molecule has 0 radical (unpaired) electrons. The monoisotopic (exact) mass is 538 g/mol. The Balaban J connectivity index is 1.29. The van der Waals surface area contributed by atoms with Crippen LogP contribution in [0.1, 0.15) is 25.0 Å². The Kier molecular flexibility index (Phi) is 4.67. The molecule has 9 rings (SSSR count). The van der Waals surface area contributed by atoms with E-state index >= 15 is 0 Å².